The molecular formula is C15H22N4O. The topological polar surface area (TPSA) is 52.0 Å². The van der Waals surface area contributed by atoms with Gasteiger partial charge in [0.05, 0.1) is 18.3 Å². The first-order valence-corrected chi connectivity index (χ1v) is 6.94. The van der Waals surface area contributed by atoms with Crippen LogP contribution in [0, 0.1) is 0 Å². The highest BCUT2D eigenvalue weighted by atomic mass is 16.5. The zero-order chi connectivity index (χ0) is 14.5. The minimum absolute atomic E-state index is 0.0169. The molecule has 0 aliphatic rings. The van der Waals surface area contributed by atoms with Crippen molar-refractivity contribution >= 4 is 0 Å². The molecule has 1 atom stereocenters. The smallest absolute Gasteiger partial charge is 0.138 e. The van der Waals surface area contributed by atoms with Crippen LogP contribution in [0.2, 0.25) is 0 Å². The van der Waals surface area contributed by atoms with E-state index in [1.807, 2.05) is 50.1 Å². The number of aryl methyl sites for hydroxylation is 1. The largest absolute Gasteiger partial charge is 0.489 e. The normalized spacial score (nSPS) is 12.7. The molecule has 0 fully saturated rings. The van der Waals surface area contributed by atoms with E-state index in [-0.39, 0.29) is 12.1 Å². The molecule has 0 aliphatic heterocycles. The molecule has 0 amide bonds. The first-order valence-electron chi connectivity index (χ1n) is 6.94. The Balaban J connectivity index is 2.32. The van der Waals surface area contributed by atoms with Crippen LogP contribution in [0.15, 0.2) is 30.9 Å². The molecule has 2 aromatic rings. The number of imidazole rings is 1. The van der Waals surface area contributed by atoms with Crippen molar-refractivity contribution < 1.29 is 4.74 Å². The maximum Gasteiger partial charge on any atom is 0.138 e. The second kappa shape index (κ2) is 6.52. The van der Waals surface area contributed by atoms with E-state index in [1.54, 1.807) is 6.20 Å². The second-order valence-electron chi connectivity index (χ2n) is 5.01. The SMILES string of the molecule is CCNC(c1cncc(OC(C)C)c1)c1nccn1C. The van der Waals surface area contributed by atoms with Crippen LogP contribution in [0.3, 0.4) is 0 Å². The van der Waals surface area contributed by atoms with Crippen LogP contribution in [0.4, 0.5) is 0 Å². The Labute approximate surface area is 120 Å². The van der Waals surface area contributed by atoms with E-state index in [2.05, 4.69) is 22.2 Å². The summed E-state index contributed by atoms with van der Waals surface area (Å²) in [6, 6.07) is 2.04. The summed E-state index contributed by atoms with van der Waals surface area (Å²) in [6.45, 7) is 6.95. The van der Waals surface area contributed by atoms with Gasteiger partial charge in [-0.1, -0.05) is 6.92 Å². The van der Waals surface area contributed by atoms with Crippen LogP contribution in [-0.4, -0.2) is 27.2 Å². The van der Waals surface area contributed by atoms with Crippen molar-refractivity contribution in [1.29, 1.82) is 0 Å². The molecule has 108 valence electrons. The van der Waals surface area contributed by atoms with Gasteiger partial charge in [-0.3, -0.25) is 4.98 Å². The molecule has 0 saturated carbocycles. The van der Waals surface area contributed by atoms with Gasteiger partial charge in [-0.05, 0) is 32.0 Å². The molecular weight excluding hydrogens is 252 g/mol. The van der Waals surface area contributed by atoms with E-state index in [4.69, 9.17) is 4.74 Å². The first-order chi connectivity index (χ1) is 9.61. The van der Waals surface area contributed by atoms with Crippen molar-refractivity contribution in [3.63, 3.8) is 0 Å². The van der Waals surface area contributed by atoms with Crippen molar-refractivity contribution in [3.05, 3.63) is 42.2 Å². The van der Waals surface area contributed by atoms with Crippen molar-refractivity contribution in [1.82, 2.24) is 19.9 Å². The van der Waals surface area contributed by atoms with Gasteiger partial charge in [0.1, 0.15) is 11.6 Å². The number of aromatic nitrogens is 3. The van der Waals surface area contributed by atoms with Crippen LogP contribution < -0.4 is 10.1 Å². The molecule has 2 heterocycles. The fourth-order valence-electron chi connectivity index (χ4n) is 2.15. The Kier molecular flexibility index (Phi) is 4.74. The molecule has 20 heavy (non-hydrogen) atoms. The molecule has 0 radical (unpaired) electrons. The summed E-state index contributed by atoms with van der Waals surface area (Å²) >= 11 is 0. The van der Waals surface area contributed by atoms with Crippen molar-refractivity contribution in [2.45, 2.75) is 32.9 Å². The van der Waals surface area contributed by atoms with Crippen LogP contribution >= 0.6 is 0 Å². The summed E-state index contributed by atoms with van der Waals surface area (Å²) in [5.74, 6) is 1.75. The lowest BCUT2D eigenvalue weighted by Crippen LogP contribution is -2.25. The lowest BCUT2D eigenvalue weighted by molar-refractivity contribution is 0.241. The standard InChI is InChI=1S/C15H22N4O/c1-5-17-14(15-18-6-7-19(15)4)12-8-13(10-16-9-12)20-11(2)3/h6-11,14,17H,5H2,1-4H3. The molecule has 0 spiro atoms. The molecule has 0 bridgehead atoms. The molecule has 2 aromatic heterocycles. The molecule has 1 N–H and O–H groups in total. The van der Waals surface area contributed by atoms with E-state index >= 15 is 0 Å². The van der Waals surface area contributed by atoms with Crippen LogP contribution in [0.1, 0.15) is 38.2 Å². The van der Waals surface area contributed by atoms with Gasteiger partial charge in [-0.2, -0.15) is 0 Å². The number of rotatable bonds is 6. The van der Waals surface area contributed by atoms with Gasteiger partial charge in [0.25, 0.3) is 0 Å². The minimum atomic E-state index is 0.0169. The fraction of sp³-hybridized carbons (Fsp3) is 0.467. The van der Waals surface area contributed by atoms with Gasteiger partial charge in [0, 0.05) is 25.6 Å². The number of ether oxygens (including phenoxy) is 1. The Morgan fingerprint density at radius 1 is 1.35 bits per heavy atom. The average molecular weight is 274 g/mol. The highest BCUT2D eigenvalue weighted by Gasteiger charge is 2.18. The van der Waals surface area contributed by atoms with Gasteiger partial charge in [-0.25, -0.2) is 4.98 Å². The highest BCUT2D eigenvalue weighted by molar-refractivity contribution is 5.30. The molecule has 0 saturated heterocycles. The first kappa shape index (κ1) is 14.5. The highest BCUT2D eigenvalue weighted by Crippen LogP contribution is 2.23. The lowest BCUT2D eigenvalue weighted by Gasteiger charge is -2.19. The third kappa shape index (κ3) is 3.36. The molecule has 0 aromatic carbocycles. The summed E-state index contributed by atoms with van der Waals surface area (Å²) in [5, 5.41) is 3.44. The van der Waals surface area contributed by atoms with E-state index in [9.17, 15) is 0 Å². The quantitative estimate of drug-likeness (QED) is 0.878. The Morgan fingerprint density at radius 3 is 2.75 bits per heavy atom. The van der Waals surface area contributed by atoms with Crippen molar-refractivity contribution in [2.75, 3.05) is 6.54 Å². The summed E-state index contributed by atoms with van der Waals surface area (Å²) in [6.07, 6.45) is 7.49. The molecule has 2 rings (SSSR count). The average Bonchev–Trinajstić information content (AvgIpc) is 2.81. The third-order valence-corrected chi connectivity index (χ3v) is 2.96. The third-order valence-electron chi connectivity index (χ3n) is 2.96. The zero-order valence-corrected chi connectivity index (χ0v) is 12.5. The summed E-state index contributed by atoms with van der Waals surface area (Å²) in [4.78, 5) is 8.71. The van der Waals surface area contributed by atoms with E-state index < -0.39 is 0 Å². The Morgan fingerprint density at radius 2 is 2.15 bits per heavy atom. The van der Waals surface area contributed by atoms with Crippen molar-refractivity contribution in [3.8, 4) is 5.75 Å². The van der Waals surface area contributed by atoms with E-state index in [0.29, 0.717) is 0 Å². The van der Waals surface area contributed by atoms with Crippen LogP contribution in [-0.2, 0) is 7.05 Å². The minimum Gasteiger partial charge on any atom is -0.489 e. The van der Waals surface area contributed by atoms with Crippen LogP contribution in [0.25, 0.3) is 0 Å². The maximum absolute atomic E-state index is 5.71. The Bertz CT molecular complexity index is 550. The summed E-state index contributed by atoms with van der Waals surface area (Å²) in [5.41, 5.74) is 1.05. The monoisotopic (exact) mass is 274 g/mol. The summed E-state index contributed by atoms with van der Waals surface area (Å²) in [7, 11) is 1.99. The maximum atomic E-state index is 5.71. The molecule has 5 heteroatoms. The van der Waals surface area contributed by atoms with E-state index in [1.165, 1.54) is 0 Å². The number of nitrogens with one attached hydrogen (secondary N) is 1. The Hall–Kier alpha value is -1.88. The number of pyridine rings is 1. The van der Waals surface area contributed by atoms with Gasteiger partial charge in [0.2, 0.25) is 0 Å². The lowest BCUT2D eigenvalue weighted by atomic mass is 10.1. The predicted molar refractivity (Wildman–Crippen MR) is 78.7 cm³/mol. The van der Waals surface area contributed by atoms with Gasteiger partial charge < -0.3 is 14.6 Å². The fourth-order valence-corrected chi connectivity index (χ4v) is 2.15. The second-order valence-corrected chi connectivity index (χ2v) is 5.01. The zero-order valence-electron chi connectivity index (χ0n) is 12.5. The molecule has 5 nitrogen and oxygen atoms in total. The van der Waals surface area contributed by atoms with Gasteiger partial charge in [0.15, 0.2) is 0 Å². The van der Waals surface area contributed by atoms with Gasteiger partial charge >= 0.3 is 0 Å². The molecule has 1 unspecified atom stereocenters. The van der Waals surface area contributed by atoms with Gasteiger partial charge in [-0.15, -0.1) is 0 Å². The summed E-state index contributed by atoms with van der Waals surface area (Å²) < 4.78 is 7.73. The number of nitrogens with zero attached hydrogens (tertiary/aromatic N) is 3. The number of hydrogen-bond donors (Lipinski definition) is 1. The van der Waals surface area contributed by atoms with Crippen molar-refractivity contribution in [2.24, 2.45) is 7.05 Å². The number of hydrogen-bond acceptors (Lipinski definition) is 4. The molecule has 0 aliphatic carbocycles. The predicted octanol–water partition coefficient (Wildman–Crippen LogP) is 2.30. The van der Waals surface area contributed by atoms with E-state index in [0.717, 1.165) is 23.7 Å². The van der Waals surface area contributed by atoms with Crippen LogP contribution in [0.5, 0.6) is 5.75 Å².